The van der Waals surface area contributed by atoms with Gasteiger partial charge in [-0.05, 0) is 42.7 Å². The molecule has 1 amide bonds. The Morgan fingerprint density at radius 3 is 2.69 bits per heavy atom. The average Bonchev–Trinajstić information content (AvgIpc) is 2.72. The van der Waals surface area contributed by atoms with Crippen LogP contribution in [0, 0.1) is 0 Å². The summed E-state index contributed by atoms with van der Waals surface area (Å²) in [7, 11) is 0. The second-order valence-corrected chi connectivity index (χ2v) is 7.21. The highest BCUT2D eigenvalue weighted by Gasteiger charge is 2.28. The molecule has 152 valence electrons. The molecule has 0 saturated carbocycles. The Morgan fingerprint density at radius 1 is 1.21 bits per heavy atom. The lowest BCUT2D eigenvalue weighted by Gasteiger charge is -2.25. The maximum Gasteiger partial charge on any atom is 0.339 e. The highest BCUT2D eigenvalue weighted by molar-refractivity contribution is 5.96. The van der Waals surface area contributed by atoms with E-state index in [9.17, 15) is 14.4 Å². The Kier molecular flexibility index (Phi) is 6.65. The molecule has 1 aliphatic heterocycles. The van der Waals surface area contributed by atoms with Gasteiger partial charge in [0.15, 0.2) is 6.61 Å². The van der Waals surface area contributed by atoms with Crippen LogP contribution in [-0.2, 0) is 20.7 Å². The van der Waals surface area contributed by atoms with Crippen molar-refractivity contribution in [1.29, 1.82) is 0 Å². The summed E-state index contributed by atoms with van der Waals surface area (Å²) in [6.07, 6.45) is 1.90. The van der Waals surface area contributed by atoms with Crippen LogP contribution in [0.2, 0.25) is 0 Å². The van der Waals surface area contributed by atoms with Crippen LogP contribution in [0.25, 0.3) is 0 Å². The van der Waals surface area contributed by atoms with Gasteiger partial charge in [0.25, 0.3) is 5.91 Å². The van der Waals surface area contributed by atoms with Gasteiger partial charge < -0.3 is 14.8 Å². The molecule has 0 radical (unpaired) electrons. The normalized spacial score (nSPS) is 16.3. The van der Waals surface area contributed by atoms with Gasteiger partial charge >= 0.3 is 11.9 Å². The van der Waals surface area contributed by atoms with Crippen LogP contribution in [0.3, 0.4) is 0 Å². The number of fused-ring (bicyclic) bond motifs is 1. The summed E-state index contributed by atoms with van der Waals surface area (Å²) >= 11 is 0. The Balaban J connectivity index is 1.66. The highest BCUT2D eigenvalue weighted by Crippen LogP contribution is 2.31. The number of hydrogen-bond donors (Lipinski definition) is 1. The molecule has 1 aliphatic rings. The third-order valence-corrected chi connectivity index (χ3v) is 4.85. The summed E-state index contributed by atoms with van der Waals surface area (Å²) in [5, 5.41) is 2.79. The molecular weight excluding hydrogens is 370 g/mol. The number of cyclic esters (lactones) is 1. The van der Waals surface area contributed by atoms with Gasteiger partial charge in [-0.25, -0.2) is 9.59 Å². The molecule has 2 atom stereocenters. The number of nitrogens with one attached hydrogen (secondary N) is 1. The molecule has 1 N–H and O–H groups in total. The van der Waals surface area contributed by atoms with Crippen molar-refractivity contribution in [3.05, 3.63) is 70.8 Å². The SMILES string of the molecule is CCCC(C)NC(=O)COC(=O)c1ccc2c(c1)CC(c1ccccc1)OC2=O. The van der Waals surface area contributed by atoms with Gasteiger partial charge in [0.05, 0.1) is 11.1 Å². The molecule has 0 aromatic heterocycles. The molecule has 0 bridgehead atoms. The third kappa shape index (κ3) is 5.22. The van der Waals surface area contributed by atoms with E-state index < -0.39 is 18.0 Å². The van der Waals surface area contributed by atoms with E-state index in [-0.39, 0.29) is 18.6 Å². The zero-order chi connectivity index (χ0) is 20.8. The lowest BCUT2D eigenvalue weighted by molar-refractivity contribution is -0.124. The number of amides is 1. The number of esters is 2. The molecule has 6 nitrogen and oxygen atoms in total. The third-order valence-electron chi connectivity index (χ3n) is 4.85. The number of hydrogen-bond acceptors (Lipinski definition) is 5. The fraction of sp³-hybridized carbons (Fsp3) is 0.348. The van der Waals surface area contributed by atoms with Crippen molar-refractivity contribution in [1.82, 2.24) is 5.32 Å². The maximum absolute atomic E-state index is 12.4. The van der Waals surface area contributed by atoms with Crippen LogP contribution < -0.4 is 5.32 Å². The van der Waals surface area contributed by atoms with Crippen LogP contribution >= 0.6 is 0 Å². The van der Waals surface area contributed by atoms with E-state index in [2.05, 4.69) is 5.32 Å². The first-order valence-corrected chi connectivity index (χ1v) is 9.83. The smallest absolute Gasteiger partial charge is 0.339 e. The van der Waals surface area contributed by atoms with Gasteiger partial charge in [0.1, 0.15) is 6.10 Å². The molecule has 0 aliphatic carbocycles. The summed E-state index contributed by atoms with van der Waals surface area (Å²) in [5.41, 5.74) is 2.38. The van der Waals surface area contributed by atoms with Gasteiger partial charge in [-0.2, -0.15) is 0 Å². The van der Waals surface area contributed by atoms with Gasteiger partial charge in [-0.15, -0.1) is 0 Å². The molecule has 1 heterocycles. The predicted octanol–water partition coefficient (Wildman–Crippen LogP) is 3.60. The standard InChI is InChI=1S/C23H25NO5/c1-3-7-15(2)24-21(25)14-28-22(26)17-10-11-19-18(12-17)13-20(29-23(19)27)16-8-5-4-6-9-16/h4-6,8-12,15,20H,3,7,13-14H2,1-2H3,(H,24,25). The highest BCUT2D eigenvalue weighted by atomic mass is 16.5. The molecule has 0 fully saturated rings. The fourth-order valence-electron chi connectivity index (χ4n) is 3.41. The van der Waals surface area contributed by atoms with Crippen molar-refractivity contribution in [3.8, 4) is 0 Å². The number of carbonyl (C=O) groups is 3. The number of ether oxygens (including phenoxy) is 2. The van der Waals surface area contributed by atoms with E-state index in [0.717, 1.165) is 24.0 Å². The quantitative estimate of drug-likeness (QED) is 0.725. The zero-order valence-electron chi connectivity index (χ0n) is 16.6. The van der Waals surface area contributed by atoms with Crippen LogP contribution in [0.15, 0.2) is 48.5 Å². The zero-order valence-corrected chi connectivity index (χ0v) is 16.6. The average molecular weight is 395 g/mol. The second kappa shape index (κ2) is 9.37. The Bertz CT molecular complexity index is 893. The number of rotatable bonds is 7. The molecule has 29 heavy (non-hydrogen) atoms. The van der Waals surface area contributed by atoms with Crippen molar-refractivity contribution in [3.63, 3.8) is 0 Å². The van der Waals surface area contributed by atoms with Gasteiger partial charge in [0.2, 0.25) is 0 Å². The first kappa shape index (κ1) is 20.6. The van der Waals surface area contributed by atoms with E-state index in [0.29, 0.717) is 17.5 Å². The lowest BCUT2D eigenvalue weighted by atomic mass is 9.93. The topological polar surface area (TPSA) is 81.7 Å². The number of carbonyl (C=O) groups excluding carboxylic acids is 3. The second-order valence-electron chi connectivity index (χ2n) is 7.21. The lowest BCUT2D eigenvalue weighted by Crippen LogP contribution is -2.35. The van der Waals surface area contributed by atoms with Gasteiger partial charge in [-0.1, -0.05) is 43.7 Å². The summed E-state index contributed by atoms with van der Waals surface area (Å²) < 4.78 is 10.7. The summed E-state index contributed by atoms with van der Waals surface area (Å²) in [6.45, 7) is 3.62. The molecule has 0 spiro atoms. The van der Waals surface area contributed by atoms with Crippen LogP contribution in [0.4, 0.5) is 0 Å². The molecule has 2 aromatic carbocycles. The van der Waals surface area contributed by atoms with Crippen LogP contribution in [-0.4, -0.2) is 30.5 Å². The minimum Gasteiger partial charge on any atom is -0.454 e. The van der Waals surface area contributed by atoms with E-state index in [1.807, 2.05) is 44.2 Å². The van der Waals surface area contributed by atoms with Crippen molar-refractivity contribution in [2.24, 2.45) is 0 Å². The van der Waals surface area contributed by atoms with Crippen molar-refractivity contribution in [2.75, 3.05) is 6.61 Å². The van der Waals surface area contributed by atoms with Crippen molar-refractivity contribution < 1.29 is 23.9 Å². The van der Waals surface area contributed by atoms with E-state index >= 15 is 0 Å². The molecular formula is C23H25NO5. The Hall–Kier alpha value is -3.15. The minimum absolute atomic E-state index is 0.0379. The maximum atomic E-state index is 12.4. The van der Waals surface area contributed by atoms with E-state index in [4.69, 9.17) is 9.47 Å². The molecule has 2 unspecified atom stereocenters. The first-order chi connectivity index (χ1) is 14.0. The van der Waals surface area contributed by atoms with E-state index in [1.54, 1.807) is 12.1 Å². The van der Waals surface area contributed by atoms with Gasteiger partial charge in [-0.3, -0.25) is 4.79 Å². The Labute approximate surface area is 170 Å². The summed E-state index contributed by atoms with van der Waals surface area (Å²) in [5.74, 6) is -1.34. The largest absolute Gasteiger partial charge is 0.454 e. The van der Waals surface area contributed by atoms with Gasteiger partial charge in [0, 0.05) is 12.5 Å². The number of benzene rings is 2. The monoisotopic (exact) mass is 395 g/mol. The van der Waals surface area contributed by atoms with Crippen molar-refractivity contribution >= 4 is 17.8 Å². The Morgan fingerprint density at radius 2 is 1.97 bits per heavy atom. The summed E-state index contributed by atoms with van der Waals surface area (Å²) in [6, 6.07) is 14.2. The van der Waals surface area contributed by atoms with Crippen LogP contribution in [0.1, 0.15) is 64.6 Å². The summed E-state index contributed by atoms with van der Waals surface area (Å²) in [4.78, 5) is 36.6. The molecule has 3 rings (SSSR count). The fourth-order valence-corrected chi connectivity index (χ4v) is 3.41. The van der Waals surface area contributed by atoms with Crippen molar-refractivity contribution in [2.45, 2.75) is 45.3 Å². The molecule has 6 heteroatoms. The molecule has 2 aromatic rings. The minimum atomic E-state index is -0.596. The van der Waals surface area contributed by atoms with Crippen LogP contribution in [0.5, 0.6) is 0 Å². The van der Waals surface area contributed by atoms with E-state index in [1.165, 1.54) is 6.07 Å². The predicted molar refractivity (Wildman–Crippen MR) is 108 cm³/mol. The molecule has 0 saturated heterocycles. The first-order valence-electron chi connectivity index (χ1n) is 9.83.